The number of carbonyl (C=O) groups excluding carboxylic acids is 6. The molecule has 0 aromatic heterocycles. The molecule has 0 unspecified atom stereocenters. The number of esters is 2. The summed E-state index contributed by atoms with van der Waals surface area (Å²) in [6.45, 7) is 12.4. The van der Waals surface area contributed by atoms with Gasteiger partial charge >= 0.3 is 11.9 Å². The number of hydrogen-bond acceptors (Lipinski definition) is 10. The molecule has 68 heavy (non-hydrogen) atoms. The van der Waals surface area contributed by atoms with E-state index in [1.165, 1.54) is 0 Å². The molecule has 4 aromatic rings. The molecule has 0 spiro atoms. The van der Waals surface area contributed by atoms with E-state index < -0.39 is 11.9 Å². The van der Waals surface area contributed by atoms with Gasteiger partial charge in [0.2, 0.25) is 23.1 Å². The first-order valence-electron chi connectivity index (χ1n) is 23.7. The Balaban J connectivity index is 1.20. The standard InChI is InChI=1S/C56H68N2O8S2/c1-41-25-15-19-29-47(41)53(61)65-37-33-51(67-55(63)49-31-21-17-27-43(49)3)45(5)57(39-59)35-23-13-11-9-7-8-10-12-14-24-36-58(40-60)46(6)52(68-56(64)50-32-22-18-28-44(50)4)34-38-66-54(62)48-30-20-16-26-42(48)2/h15-22,25-32,39-40H,7-14,23-24,33-38H2,1-6H3/b51-45-,52-46-. The number of ether oxygens (including phenoxy) is 2. The van der Waals surface area contributed by atoms with E-state index in [0.717, 1.165) is 123 Å². The van der Waals surface area contributed by atoms with Crippen LogP contribution in [0.5, 0.6) is 0 Å². The van der Waals surface area contributed by atoms with Gasteiger partial charge < -0.3 is 19.3 Å². The molecule has 0 radical (unpaired) electrons. The largest absolute Gasteiger partial charge is 0.462 e. The molecule has 0 aliphatic rings. The Kier molecular flexibility index (Phi) is 24.1. The number of rotatable bonds is 29. The maximum absolute atomic E-state index is 13.4. The summed E-state index contributed by atoms with van der Waals surface area (Å²) in [6.07, 6.45) is 12.3. The Hall–Kier alpha value is -5.72. The third-order valence-corrected chi connectivity index (χ3v) is 14.3. The summed E-state index contributed by atoms with van der Waals surface area (Å²) in [5.41, 5.74) is 6.96. The van der Waals surface area contributed by atoms with Crippen LogP contribution in [0.3, 0.4) is 0 Å². The van der Waals surface area contributed by atoms with Crippen LogP contribution in [0.1, 0.15) is 155 Å². The summed E-state index contributed by atoms with van der Waals surface area (Å²) in [5, 5.41) is -0.244. The first-order valence-corrected chi connectivity index (χ1v) is 25.3. The smallest absolute Gasteiger partial charge is 0.338 e. The predicted octanol–water partition coefficient (Wildman–Crippen LogP) is 13.1. The van der Waals surface area contributed by atoms with Gasteiger partial charge in [0, 0.05) is 58.3 Å². The Bertz CT molecular complexity index is 2230. The van der Waals surface area contributed by atoms with E-state index in [0.29, 0.717) is 69.4 Å². The number of carbonyl (C=O) groups is 6. The molecule has 0 saturated carbocycles. The normalized spacial score (nSPS) is 11.8. The minimum atomic E-state index is -0.421. The maximum atomic E-state index is 13.4. The summed E-state index contributed by atoms with van der Waals surface area (Å²) < 4.78 is 11.3. The van der Waals surface area contributed by atoms with Crippen LogP contribution < -0.4 is 0 Å². The number of hydrogen-bond donors (Lipinski definition) is 0. The molecule has 10 nitrogen and oxygen atoms in total. The molecule has 2 amide bonds. The van der Waals surface area contributed by atoms with Crippen LogP contribution in [0.25, 0.3) is 0 Å². The summed E-state index contributed by atoms with van der Waals surface area (Å²) >= 11 is 2.17. The highest BCUT2D eigenvalue weighted by atomic mass is 32.2. The quantitative estimate of drug-likeness (QED) is 0.0295. The molecule has 4 aromatic carbocycles. The van der Waals surface area contributed by atoms with Gasteiger partial charge in [-0.2, -0.15) is 0 Å². The van der Waals surface area contributed by atoms with E-state index >= 15 is 0 Å². The molecule has 4 rings (SSSR count). The van der Waals surface area contributed by atoms with Crippen molar-refractivity contribution in [2.75, 3.05) is 26.3 Å². The maximum Gasteiger partial charge on any atom is 0.338 e. The fourth-order valence-electron chi connectivity index (χ4n) is 7.68. The van der Waals surface area contributed by atoms with Gasteiger partial charge in [-0.1, -0.05) is 136 Å². The lowest BCUT2D eigenvalue weighted by atomic mass is 10.1. The molecule has 0 saturated heterocycles. The molecule has 12 heteroatoms. The van der Waals surface area contributed by atoms with Gasteiger partial charge in [-0.05, 0) is 112 Å². The van der Waals surface area contributed by atoms with Gasteiger partial charge in [0.25, 0.3) is 0 Å². The van der Waals surface area contributed by atoms with E-state index in [2.05, 4.69) is 0 Å². The number of benzene rings is 4. The van der Waals surface area contributed by atoms with Gasteiger partial charge in [0.15, 0.2) is 0 Å². The highest BCUT2D eigenvalue weighted by Gasteiger charge is 2.21. The van der Waals surface area contributed by atoms with Gasteiger partial charge in [-0.15, -0.1) is 0 Å². The van der Waals surface area contributed by atoms with Gasteiger partial charge in [0.1, 0.15) is 0 Å². The van der Waals surface area contributed by atoms with Crippen LogP contribution in [0, 0.1) is 27.7 Å². The number of aryl methyl sites for hydroxylation is 4. The second-order valence-electron chi connectivity index (χ2n) is 17.0. The summed E-state index contributed by atoms with van der Waals surface area (Å²) in [5.74, 6) is -0.842. The first kappa shape index (κ1) is 54.9. The Morgan fingerprint density at radius 2 is 0.721 bits per heavy atom. The van der Waals surface area contributed by atoms with Crippen molar-refractivity contribution in [1.82, 2.24) is 9.80 Å². The molecule has 0 aliphatic carbocycles. The number of thioether (sulfide) groups is 2. The number of unbranched alkanes of at least 4 members (excludes halogenated alkanes) is 9. The minimum Gasteiger partial charge on any atom is -0.462 e. The van der Waals surface area contributed by atoms with Crippen molar-refractivity contribution in [3.05, 3.63) is 163 Å². The Morgan fingerprint density at radius 1 is 0.441 bits per heavy atom. The Labute approximate surface area is 412 Å². The number of allylic oxidation sites excluding steroid dienone is 2. The third kappa shape index (κ3) is 17.7. The van der Waals surface area contributed by atoms with Crippen LogP contribution in [0.4, 0.5) is 0 Å². The highest BCUT2D eigenvalue weighted by Crippen LogP contribution is 2.32. The highest BCUT2D eigenvalue weighted by molar-refractivity contribution is 8.17. The molecule has 0 aliphatic heterocycles. The fraction of sp³-hybridized carbons (Fsp3) is 0.393. The van der Waals surface area contributed by atoms with Gasteiger partial charge in [-0.25, -0.2) is 9.59 Å². The van der Waals surface area contributed by atoms with Crippen LogP contribution in [-0.2, 0) is 19.1 Å². The molecule has 0 bridgehead atoms. The van der Waals surface area contributed by atoms with Gasteiger partial charge in [-0.3, -0.25) is 19.2 Å². The third-order valence-electron chi connectivity index (χ3n) is 12.0. The monoisotopic (exact) mass is 960 g/mol. The van der Waals surface area contributed by atoms with Crippen molar-refractivity contribution in [1.29, 1.82) is 0 Å². The zero-order chi connectivity index (χ0) is 49.3. The topological polar surface area (TPSA) is 127 Å². The van der Waals surface area contributed by atoms with Crippen LogP contribution in [-0.4, -0.2) is 71.1 Å². The van der Waals surface area contributed by atoms with E-state index in [-0.39, 0.29) is 23.4 Å². The minimum absolute atomic E-state index is 0.0739. The summed E-state index contributed by atoms with van der Waals surface area (Å²) in [4.78, 5) is 81.9. The van der Waals surface area contributed by atoms with E-state index in [1.807, 2.05) is 102 Å². The molecule has 0 heterocycles. The van der Waals surface area contributed by atoms with E-state index in [1.54, 1.807) is 46.2 Å². The zero-order valence-electron chi connectivity index (χ0n) is 40.7. The second kappa shape index (κ2) is 29.9. The van der Waals surface area contributed by atoms with Crippen LogP contribution in [0.2, 0.25) is 0 Å². The summed E-state index contributed by atoms with van der Waals surface area (Å²) in [6, 6.07) is 29.3. The van der Waals surface area contributed by atoms with Crippen molar-refractivity contribution in [3.63, 3.8) is 0 Å². The van der Waals surface area contributed by atoms with Crippen molar-refractivity contribution in [2.24, 2.45) is 0 Å². The SMILES string of the molecule is C/C(=C(\CCOC(=O)c1ccccc1C)SC(=O)c1ccccc1C)N(C=O)CCCCCCCCCCCCN(C=O)/C(C)=C(/CCOC(=O)c1ccccc1C)SC(=O)c1ccccc1C. The average molecular weight is 961 g/mol. The molecule has 0 atom stereocenters. The van der Waals surface area contributed by atoms with Crippen LogP contribution >= 0.6 is 23.5 Å². The first-order chi connectivity index (χ1) is 32.9. The van der Waals surface area contributed by atoms with Crippen molar-refractivity contribution < 1.29 is 38.2 Å². The average Bonchev–Trinajstić information content (AvgIpc) is 3.33. The lowest BCUT2D eigenvalue weighted by Gasteiger charge is -2.22. The van der Waals surface area contributed by atoms with Crippen molar-refractivity contribution in [3.8, 4) is 0 Å². The lowest BCUT2D eigenvalue weighted by molar-refractivity contribution is -0.117. The van der Waals surface area contributed by atoms with Crippen molar-refractivity contribution >= 4 is 58.5 Å². The molecular weight excluding hydrogens is 893 g/mol. The Morgan fingerprint density at radius 3 is 1.01 bits per heavy atom. The molecule has 0 fully saturated rings. The number of amides is 2. The van der Waals surface area contributed by atoms with E-state index in [4.69, 9.17) is 9.47 Å². The molecular formula is C56H68N2O8S2. The fourth-order valence-corrected chi connectivity index (χ4v) is 9.71. The summed E-state index contributed by atoms with van der Waals surface area (Å²) in [7, 11) is 0. The predicted molar refractivity (Wildman–Crippen MR) is 275 cm³/mol. The molecule has 0 N–H and O–H groups in total. The van der Waals surface area contributed by atoms with Crippen molar-refractivity contribution in [2.45, 2.75) is 119 Å². The lowest BCUT2D eigenvalue weighted by Crippen LogP contribution is -2.23. The second-order valence-corrected chi connectivity index (χ2v) is 19.1. The molecule has 362 valence electrons. The van der Waals surface area contributed by atoms with Gasteiger partial charge in [0.05, 0.1) is 24.3 Å². The zero-order valence-corrected chi connectivity index (χ0v) is 42.3. The number of nitrogens with zero attached hydrogens (tertiary/aromatic N) is 2. The van der Waals surface area contributed by atoms with Crippen LogP contribution in [0.15, 0.2) is 118 Å². The van der Waals surface area contributed by atoms with E-state index in [9.17, 15) is 28.8 Å².